The lowest BCUT2D eigenvalue weighted by molar-refractivity contribution is 0.0683. The maximum Gasteiger partial charge on any atom is 0.339 e. The summed E-state index contributed by atoms with van der Waals surface area (Å²) in [6.07, 6.45) is 0. The van der Waals surface area contributed by atoms with E-state index < -0.39 is 17.9 Å². The van der Waals surface area contributed by atoms with Gasteiger partial charge in [-0.15, -0.1) is 0 Å². The fourth-order valence-corrected chi connectivity index (χ4v) is 2.83. The molecule has 0 aliphatic heterocycles. The van der Waals surface area contributed by atoms with E-state index in [4.69, 9.17) is 34.3 Å². The molecule has 36 heavy (non-hydrogen) atoms. The third-order valence-electron chi connectivity index (χ3n) is 4.59. The molecular formula is C26H28O10. The van der Waals surface area contributed by atoms with Crippen LogP contribution in [0.1, 0.15) is 36.6 Å². The van der Waals surface area contributed by atoms with Crippen LogP contribution in [0.25, 0.3) is 0 Å². The van der Waals surface area contributed by atoms with Crippen LogP contribution < -0.4 is 18.9 Å². The second-order valence-corrected chi connectivity index (χ2v) is 6.87. The van der Waals surface area contributed by atoms with Gasteiger partial charge in [-0.25, -0.2) is 14.4 Å². The van der Waals surface area contributed by atoms with Crippen LogP contribution in [0, 0.1) is 6.92 Å². The quantitative estimate of drug-likeness (QED) is 0.423. The van der Waals surface area contributed by atoms with Crippen molar-refractivity contribution in [3.63, 3.8) is 0 Å². The monoisotopic (exact) mass is 500 g/mol. The minimum absolute atomic E-state index is 0.190. The van der Waals surface area contributed by atoms with Crippen molar-refractivity contribution in [2.24, 2.45) is 0 Å². The lowest BCUT2D eigenvalue weighted by Crippen LogP contribution is -2.00. The molecule has 0 amide bonds. The number of hydrogen-bond donors (Lipinski definition) is 3. The molecule has 0 atom stereocenters. The first kappa shape index (κ1) is 29.3. The minimum atomic E-state index is -0.978. The number of methoxy groups -OCH3 is 4. The van der Waals surface area contributed by atoms with Crippen molar-refractivity contribution >= 4 is 17.9 Å². The summed E-state index contributed by atoms with van der Waals surface area (Å²) in [5.41, 5.74) is 1.39. The summed E-state index contributed by atoms with van der Waals surface area (Å²) in [7, 11) is 5.98. The first-order valence-corrected chi connectivity index (χ1v) is 10.3. The normalized spacial score (nSPS) is 9.36. The van der Waals surface area contributed by atoms with Crippen LogP contribution in [0.15, 0.2) is 60.7 Å². The van der Waals surface area contributed by atoms with Crippen molar-refractivity contribution in [2.45, 2.75) is 6.92 Å². The molecule has 0 saturated heterocycles. The van der Waals surface area contributed by atoms with E-state index in [0.717, 1.165) is 5.56 Å². The second-order valence-electron chi connectivity index (χ2n) is 6.87. The van der Waals surface area contributed by atoms with Gasteiger partial charge in [0.2, 0.25) is 0 Å². The molecule has 10 heteroatoms. The van der Waals surface area contributed by atoms with Gasteiger partial charge in [-0.2, -0.15) is 0 Å². The number of benzene rings is 3. The van der Waals surface area contributed by atoms with E-state index in [9.17, 15) is 14.4 Å². The lowest BCUT2D eigenvalue weighted by atomic mass is 10.1. The van der Waals surface area contributed by atoms with Crippen molar-refractivity contribution in [2.75, 3.05) is 28.4 Å². The van der Waals surface area contributed by atoms with E-state index in [2.05, 4.69) is 0 Å². The van der Waals surface area contributed by atoms with Gasteiger partial charge in [0.15, 0.2) is 11.5 Å². The maximum absolute atomic E-state index is 10.7. The van der Waals surface area contributed by atoms with Crippen LogP contribution in [-0.2, 0) is 0 Å². The number of aromatic carboxylic acids is 3. The summed E-state index contributed by atoms with van der Waals surface area (Å²) in [5, 5.41) is 25.9. The molecule has 0 saturated carbocycles. The van der Waals surface area contributed by atoms with E-state index in [-0.39, 0.29) is 16.7 Å². The first-order chi connectivity index (χ1) is 17.1. The van der Waals surface area contributed by atoms with Crippen LogP contribution >= 0.6 is 0 Å². The SMILES string of the molecule is COc1cc(C(=O)O)cc(C)c1OC.COc1ccc(C(=O)O)cc1.COc1ccccc1C(=O)O. The van der Waals surface area contributed by atoms with Crippen molar-refractivity contribution < 1.29 is 48.7 Å². The molecule has 0 spiro atoms. The molecule has 0 unspecified atom stereocenters. The Morgan fingerprint density at radius 2 is 1.17 bits per heavy atom. The smallest absolute Gasteiger partial charge is 0.339 e. The number of ether oxygens (including phenoxy) is 4. The third-order valence-corrected chi connectivity index (χ3v) is 4.59. The van der Waals surface area contributed by atoms with Crippen molar-refractivity contribution in [1.82, 2.24) is 0 Å². The molecule has 0 fully saturated rings. The highest BCUT2D eigenvalue weighted by atomic mass is 16.5. The summed E-state index contributed by atoms with van der Waals surface area (Å²) < 4.78 is 19.8. The van der Waals surface area contributed by atoms with Gasteiger partial charge in [0.05, 0.1) is 39.6 Å². The lowest BCUT2D eigenvalue weighted by Gasteiger charge is -2.10. The highest BCUT2D eigenvalue weighted by Crippen LogP contribution is 2.31. The number of aryl methyl sites for hydroxylation is 1. The van der Waals surface area contributed by atoms with Crippen LogP contribution in [0.2, 0.25) is 0 Å². The molecule has 10 nitrogen and oxygen atoms in total. The second kappa shape index (κ2) is 14.5. The van der Waals surface area contributed by atoms with Gasteiger partial charge in [0.1, 0.15) is 17.1 Å². The van der Waals surface area contributed by atoms with Gasteiger partial charge in [0, 0.05) is 0 Å². The van der Waals surface area contributed by atoms with Gasteiger partial charge in [-0.3, -0.25) is 0 Å². The molecule has 192 valence electrons. The summed E-state index contributed by atoms with van der Waals surface area (Å²) in [5.74, 6) is -0.818. The summed E-state index contributed by atoms with van der Waals surface area (Å²) >= 11 is 0. The Morgan fingerprint density at radius 1 is 0.611 bits per heavy atom. The zero-order valence-corrected chi connectivity index (χ0v) is 20.5. The number of para-hydroxylation sites is 1. The minimum Gasteiger partial charge on any atom is -0.497 e. The molecule has 3 aromatic rings. The fourth-order valence-electron chi connectivity index (χ4n) is 2.83. The summed E-state index contributed by atoms with van der Waals surface area (Å²) in [6.45, 7) is 1.77. The average molecular weight is 501 g/mol. The van der Waals surface area contributed by atoms with Gasteiger partial charge >= 0.3 is 17.9 Å². The predicted octanol–water partition coefficient (Wildman–Crippen LogP) is 4.50. The topological polar surface area (TPSA) is 149 Å². The zero-order valence-electron chi connectivity index (χ0n) is 20.5. The van der Waals surface area contributed by atoms with Gasteiger partial charge in [-0.1, -0.05) is 12.1 Å². The molecule has 0 heterocycles. The molecule has 0 aliphatic carbocycles. The fraction of sp³-hybridized carbons (Fsp3) is 0.192. The van der Waals surface area contributed by atoms with Crippen LogP contribution in [0.4, 0.5) is 0 Å². The van der Waals surface area contributed by atoms with Gasteiger partial charge in [-0.05, 0) is 61.0 Å². The van der Waals surface area contributed by atoms with E-state index in [1.54, 1.807) is 43.3 Å². The zero-order chi connectivity index (χ0) is 27.3. The molecule has 3 rings (SSSR count). The van der Waals surface area contributed by atoms with Crippen LogP contribution in [0.3, 0.4) is 0 Å². The van der Waals surface area contributed by atoms with E-state index in [0.29, 0.717) is 23.0 Å². The Morgan fingerprint density at radius 3 is 1.58 bits per heavy atom. The van der Waals surface area contributed by atoms with Gasteiger partial charge < -0.3 is 34.3 Å². The van der Waals surface area contributed by atoms with E-state index >= 15 is 0 Å². The molecule has 3 aromatic carbocycles. The molecular weight excluding hydrogens is 472 g/mol. The number of hydrogen-bond acceptors (Lipinski definition) is 7. The van der Waals surface area contributed by atoms with E-state index in [1.807, 2.05) is 0 Å². The Bertz CT molecular complexity index is 1170. The van der Waals surface area contributed by atoms with Crippen molar-refractivity contribution in [3.8, 4) is 23.0 Å². The number of carboxylic acid groups (broad SMARTS) is 3. The van der Waals surface area contributed by atoms with Crippen LogP contribution in [-0.4, -0.2) is 61.7 Å². The largest absolute Gasteiger partial charge is 0.497 e. The summed E-state index contributed by atoms with van der Waals surface area (Å²) in [4.78, 5) is 31.6. The highest BCUT2D eigenvalue weighted by Gasteiger charge is 2.12. The van der Waals surface area contributed by atoms with Gasteiger partial charge in [0.25, 0.3) is 0 Å². The number of rotatable bonds is 7. The maximum atomic E-state index is 10.7. The van der Waals surface area contributed by atoms with Crippen LogP contribution in [0.5, 0.6) is 23.0 Å². The molecule has 0 bridgehead atoms. The predicted molar refractivity (Wildman–Crippen MR) is 131 cm³/mol. The van der Waals surface area contributed by atoms with Crippen molar-refractivity contribution in [3.05, 3.63) is 82.9 Å². The molecule has 0 radical (unpaired) electrons. The number of carboxylic acids is 3. The molecule has 3 N–H and O–H groups in total. The average Bonchev–Trinajstić information content (AvgIpc) is 2.88. The number of carbonyl (C=O) groups is 3. The third kappa shape index (κ3) is 8.56. The molecule has 0 aromatic heterocycles. The van der Waals surface area contributed by atoms with Crippen molar-refractivity contribution in [1.29, 1.82) is 0 Å². The Hall–Kier alpha value is -4.73. The Balaban J connectivity index is 0.000000273. The first-order valence-electron chi connectivity index (χ1n) is 10.3. The Labute approximate surface area is 208 Å². The summed E-state index contributed by atoms with van der Waals surface area (Å²) in [6, 6.07) is 15.7. The molecule has 0 aliphatic rings. The van der Waals surface area contributed by atoms with E-state index in [1.165, 1.54) is 52.7 Å². The Kier molecular flexibility index (Phi) is 11.8. The standard InChI is InChI=1S/C10H12O4.2C8H8O3/c1-6-4-7(10(11)12)5-8(13-2)9(6)14-3;1-11-7-4-2-6(3-5-7)8(9)10;1-11-7-5-3-2-4-6(7)8(9)10/h4-5H,1-3H3,(H,11,12);2*2-5H,1H3,(H,9,10). The highest BCUT2D eigenvalue weighted by molar-refractivity contribution is 5.91.